The molecule has 0 saturated heterocycles. The van der Waals surface area contributed by atoms with Gasteiger partial charge in [0.15, 0.2) is 4.80 Å². The Balaban J connectivity index is 1.82. The van der Waals surface area contributed by atoms with Gasteiger partial charge in [0.1, 0.15) is 5.75 Å². The molecule has 200 valence electrons. The monoisotopic (exact) mass is 596 g/mol. The normalized spacial score (nSPS) is 15.4. The van der Waals surface area contributed by atoms with Crippen molar-refractivity contribution in [3.8, 4) is 5.75 Å². The number of esters is 1. The number of carbonyl (C=O) groups excluding carboxylic acids is 1. The lowest BCUT2D eigenvalue weighted by Crippen LogP contribution is -2.39. The summed E-state index contributed by atoms with van der Waals surface area (Å²) in [7, 11) is 0. The first-order valence-electron chi connectivity index (χ1n) is 13.0. The topological polar surface area (TPSA) is 69.9 Å². The second-order valence-electron chi connectivity index (χ2n) is 9.52. The van der Waals surface area contributed by atoms with Crippen LogP contribution >= 0.6 is 27.3 Å². The van der Waals surface area contributed by atoms with Crippen LogP contribution in [0.5, 0.6) is 5.75 Å². The van der Waals surface area contributed by atoms with E-state index in [1.54, 1.807) is 18.4 Å². The molecule has 0 bridgehead atoms. The number of hydrogen-bond donors (Lipinski definition) is 0. The van der Waals surface area contributed by atoms with Gasteiger partial charge in [-0.15, -0.1) is 0 Å². The predicted molar refractivity (Wildman–Crippen MR) is 155 cm³/mol. The molecular weight excluding hydrogens is 564 g/mol. The zero-order valence-corrected chi connectivity index (χ0v) is 24.8. The van der Waals surface area contributed by atoms with Crippen LogP contribution < -0.4 is 19.6 Å². The average molecular weight is 598 g/mol. The van der Waals surface area contributed by atoms with Crippen molar-refractivity contribution in [1.29, 1.82) is 0 Å². The Labute approximate surface area is 235 Å². The number of hydrogen-bond acceptors (Lipinski definition) is 6. The lowest BCUT2D eigenvalue weighted by atomic mass is 9.93. The summed E-state index contributed by atoms with van der Waals surface area (Å²) >= 11 is 4.91. The van der Waals surface area contributed by atoms with Crippen LogP contribution in [0.15, 0.2) is 68.0 Å². The minimum Gasteiger partial charge on any atom is -0.492 e. The number of ether oxygens (including phenoxy) is 2. The number of rotatable bonds is 9. The van der Waals surface area contributed by atoms with E-state index in [1.165, 1.54) is 16.9 Å². The summed E-state index contributed by atoms with van der Waals surface area (Å²) in [4.78, 5) is 32.1. The minimum absolute atomic E-state index is 0.194. The molecule has 1 aliphatic heterocycles. The van der Waals surface area contributed by atoms with Crippen LogP contribution in [0.25, 0.3) is 6.08 Å². The lowest BCUT2D eigenvalue weighted by molar-refractivity contribution is -0.139. The van der Waals surface area contributed by atoms with Crippen LogP contribution in [0.4, 0.5) is 0 Å². The summed E-state index contributed by atoms with van der Waals surface area (Å²) in [5.41, 5.74) is 3.65. The van der Waals surface area contributed by atoms with Gasteiger partial charge in [0, 0.05) is 0 Å². The molecule has 0 spiro atoms. The molecular formula is C30H33BrN2O4S. The van der Waals surface area contributed by atoms with Gasteiger partial charge in [0.25, 0.3) is 5.56 Å². The van der Waals surface area contributed by atoms with Crippen LogP contribution in [-0.4, -0.2) is 23.8 Å². The molecule has 8 heteroatoms. The molecule has 3 aromatic rings. The number of allylic oxidation sites excluding steroid dienone is 1. The van der Waals surface area contributed by atoms with Crippen molar-refractivity contribution < 1.29 is 14.3 Å². The molecule has 2 heterocycles. The van der Waals surface area contributed by atoms with Gasteiger partial charge in [0.05, 0.1) is 39.5 Å². The van der Waals surface area contributed by atoms with E-state index in [1.807, 2.05) is 36.4 Å². The number of aromatic nitrogens is 1. The zero-order chi connectivity index (χ0) is 27.4. The third kappa shape index (κ3) is 5.86. The van der Waals surface area contributed by atoms with Crippen molar-refractivity contribution in [3.05, 3.63) is 94.6 Å². The maximum absolute atomic E-state index is 13.8. The number of unbranched alkanes of at least 4 members (excludes halogenated alkanes) is 1. The molecule has 1 unspecified atom stereocenters. The van der Waals surface area contributed by atoms with Gasteiger partial charge in [-0.2, -0.15) is 0 Å². The van der Waals surface area contributed by atoms with Gasteiger partial charge in [-0.1, -0.05) is 68.9 Å². The Kier molecular flexibility index (Phi) is 9.05. The summed E-state index contributed by atoms with van der Waals surface area (Å²) in [5, 5.41) is 0. The highest BCUT2D eigenvalue weighted by Crippen LogP contribution is 2.32. The summed E-state index contributed by atoms with van der Waals surface area (Å²) in [6, 6.07) is 13.2. The number of benzene rings is 2. The maximum atomic E-state index is 13.8. The Bertz CT molecular complexity index is 1530. The summed E-state index contributed by atoms with van der Waals surface area (Å²) < 4.78 is 14.2. The van der Waals surface area contributed by atoms with Crippen molar-refractivity contribution in [1.82, 2.24) is 4.57 Å². The number of thiazole rings is 1. The van der Waals surface area contributed by atoms with Gasteiger partial charge in [-0.05, 0) is 77.0 Å². The molecule has 0 aliphatic carbocycles. The molecule has 6 nitrogen and oxygen atoms in total. The summed E-state index contributed by atoms with van der Waals surface area (Å²) in [6.07, 6.45) is 3.91. The largest absolute Gasteiger partial charge is 0.492 e. The number of fused-ring (bicyclic) bond motifs is 1. The van der Waals surface area contributed by atoms with Crippen molar-refractivity contribution in [2.75, 3.05) is 13.2 Å². The average Bonchev–Trinajstić information content (AvgIpc) is 3.18. The van der Waals surface area contributed by atoms with E-state index in [2.05, 4.69) is 53.8 Å². The van der Waals surface area contributed by atoms with Gasteiger partial charge < -0.3 is 9.47 Å². The maximum Gasteiger partial charge on any atom is 0.338 e. The fourth-order valence-corrected chi connectivity index (χ4v) is 5.93. The predicted octanol–water partition coefficient (Wildman–Crippen LogP) is 5.86. The Hall–Kier alpha value is -2.97. The van der Waals surface area contributed by atoms with Crippen LogP contribution in [0, 0.1) is 0 Å². The van der Waals surface area contributed by atoms with Crippen molar-refractivity contribution in [2.24, 2.45) is 4.99 Å². The quantitative estimate of drug-likeness (QED) is 0.229. The highest BCUT2D eigenvalue weighted by Gasteiger charge is 2.33. The third-order valence-corrected chi connectivity index (χ3v) is 8.05. The van der Waals surface area contributed by atoms with E-state index in [0.717, 1.165) is 34.2 Å². The molecule has 1 atom stereocenters. The van der Waals surface area contributed by atoms with Crippen molar-refractivity contribution >= 4 is 39.3 Å². The molecule has 0 saturated carbocycles. The molecule has 0 N–H and O–H groups in total. The Morgan fingerprint density at radius 1 is 1.18 bits per heavy atom. The van der Waals surface area contributed by atoms with E-state index in [0.29, 0.717) is 33.1 Å². The molecule has 0 amide bonds. The second kappa shape index (κ2) is 12.3. The Morgan fingerprint density at radius 2 is 1.92 bits per heavy atom. The summed E-state index contributed by atoms with van der Waals surface area (Å²) in [5.74, 6) is 0.691. The van der Waals surface area contributed by atoms with E-state index < -0.39 is 12.0 Å². The highest BCUT2D eigenvalue weighted by molar-refractivity contribution is 9.10. The van der Waals surface area contributed by atoms with Crippen molar-refractivity contribution in [3.63, 3.8) is 0 Å². The first kappa shape index (κ1) is 28.0. The van der Waals surface area contributed by atoms with E-state index in [4.69, 9.17) is 9.47 Å². The Morgan fingerprint density at radius 3 is 2.55 bits per heavy atom. The molecule has 1 aromatic heterocycles. The molecule has 38 heavy (non-hydrogen) atoms. The van der Waals surface area contributed by atoms with Crippen molar-refractivity contribution in [2.45, 2.75) is 59.4 Å². The minimum atomic E-state index is -0.616. The molecule has 4 rings (SSSR count). The second-order valence-corrected chi connectivity index (χ2v) is 11.4. The van der Waals surface area contributed by atoms with Crippen LogP contribution in [0.2, 0.25) is 0 Å². The number of halogens is 1. The van der Waals surface area contributed by atoms with E-state index in [-0.39, 0.29) is 12.2 Å². The zero-order valence-electron chi connectivity index (χ0n) is 22.4. The fourth-order valence-electron chi connectivity index (χ4n) is 4.37. The van der Waals surface area contributed by atoms with Gasteiger partial charge in [-0.3, -0.25) is 9.36 Å². The molecule has 2 aromatic carbocycles. The highest BCUT2D eigenvalue weighted by atomic mass is 79.9. The van der Waals surface area contributed by atoms with Gasteiger partial charge >= 0.3 is 5.97 Å². The first-order chi connectivity index (χ1) is 18.2. The van der Waals surface area contributed by atoms with Crippen LogP contribution in [-0.2, 0) is 9.53 Å². The standard InChI is InChI=1S/C30H33BrN2O4S/c1-6-8-15-37-24-14-9-20(16-23(24)31)17-25-28(34)33-27(22-12-10-21(11-13-22)18(3)4)26(29(35)36-7-2)19(5)32-30(33)38-25/h9-14,16-18,27H,6-8,15H2,1-5H3. The fraction of sp³-hybridized carbons (Fsp3) is 0.367. The van der Waals surface area contributed by atoms with E-state index in [9.17, 15) is 9.59 Å². The smallest absolute Gasteiger partial charge is 0.338 e. The third-order valence-electron chi connectivity index (χ3n) is 6.45. The van der Waals surface area contributed by atoms with Crippen LogP contribution in [0.1, 0.15) is 76.1 Å². The molecule has 0 fully saturated rings. The van der Waals surface area contributed by atoms with Gasteiger partial charge in [-0.25, -0.2) is 9.79 Å². The van der Waals surface area contributed by atoms with Crippen LogP contribution in [0.3, 0.4) is 0 Å². The first-order valence-corrected chi connectivity index (χ1v) is 14.6. The molecule has 0 radical (unpaired) electrons. The lowest BCUT2D eigenvalue weighted by Gasteiger charge is -2.25. The number of carbonyl (C=O) groups is 1. The molecule has 1 aliphatic rings. The van der Waals surface area contributed by atoms with E-state index >= 15 is 0 Å². The SMILES string of the molecule is CCCCOc1ccc(C=c2sc3n(c2=O)C(c2ccc(C(C)C)cc2)C(C(=O)OCC)=C(C)N=3)cc1Br. The summed E-state index contributed by atoms with van der Waals surface area (Å²) in [6.45, 7) is 10.9. The van der Waals surface area contributed by atoms with Gasteiger partial charge in [0.2, 0.25) is 0 Å². The number of nitrogens with zero attached hydrogens (tertiary/aromatic N) is 2.